The molecule has 9 aromatic carbocycles. The zero-order chi connectivity index (χ0) is 91.7. The maximum absolute atomic E-state index is 5.17. The Morgan fingerprint density at radius 3 is 0.293 bits per heavy atom. The van der Waals surface area contributed by atoms with Crippen molar-refractivity contribution >= 4 is 21.4 Å². The number of benzene rings is 9. The number of hydrogen-bond donors (Lipinski definition) is 0. The molecule has 133 heavy (non-hydrogen) atoms. The second-order valence-corrected chi connectivity index (χ2v) is 37.4. The molecule has 9 heterocycles. The Balaban J connectivity index is 0.000000177. The van der Waals surface area contributed by atoms with Crippen molar-refractivity contribution in [1.82, 2.24) is 87.2 Å². The predicted molar refractivity (Wildman–Crippen MR) is 537 cm³/mol. The molecule has 0 spiro atoms. The molecule has 25 heteroatoms. The zero-order valence-corrected chi connectivity index (χ0v) is 86.8. The maximum Gasteiger partial charge on any atom is 3.00 e. The summed E-state index contributed by atoms with van der Waals surface area (Å²) < 4.78 is 18.4. The Kier molecular flexibility index (Phi) is 30.6. The molecule has 0 fully saturated rings. The summed E-state index contributed by atoms with van der Waals surface area (Å²) in [5, 5.41) is 46.6. The van der Waals surface area contributed by atoms with Crippen LogP contribution in [0.1, 0.15) is 150 Å². The molecule has 18 nitrogen and oxygen atoms in total. The van der Waals surface area contributed by atoms with Gasteiger partial charge in [-0.2, -0.15) is 0 Å². The van der Waals surface area contributed by atoms with E-state index in [1.165, 1.54) is 200 Å². The molecule has 0 saturated carbocycles. The van der Waals surface area contributed by atoms with Crippen molar-refractivity contribution < 1.29 is 63.4 Å². The van der Waals surface area contributed by atoms with Gasteiger partial charge in [-0.25, -0.2) is 45.9 Å². The van der Waals surface area contributed by atoms with Crippen LogP contribution in [0.25, 0.3) is 101 Å². The van der Waals surface area contributed by atoms with Crippen molar-refractivity contribution in [3.05, 3.63) is 370 Å². The molecule has 1 radical (unpaired) electrons. The summed E-state index contributed by atoms with van der Waals surface area (Å²) in [5.41, 5.74) is 52.8. The first-order chi connectivity index (χ1) is 61.5. The summed E-state index contributed by atoms with van der Waals surface area (Å²) in [6.45, 7) is 58.2. The van der Waals surface area contributed by atoms with Crippen LogP contribution in [0.5, 0.6) is 0 Å². The standard InChI is InChI=1S/3C36H40BN6.3ClH.Zr/c3*1-22-16-25(4)34(26(5)17-22)31-10-13-41(38-31)37(42-14-11-32(39-42)35-27(6)18-23(2)19-28(35)7)43-15-12-33(40-43)36-29(8)20-24(3)21-30(36)9;;;;/h3*10-21,37H,1-9H3;3*1H;/q3*-1;;;;+3/p-3. The molecule has 679 valence electrons. The van der Waals surface area contributed by atoms with E-state index < -0.39 is 21.4 Å². The first-order valence-corrected chi connectivity index (χ1v) is 45.2. The van der Waals surface area contributed by atoms with E-state index in [0.29, 0.717) is 0 Å². The third-order valence-corrected chi connectivity index (χ3v) is 25.8. The number of aryl methyl sites for hydroxylation is 27. The van der Waals surface area contributed by atoms with Crippen molar-refractivity contribution in [2.45, 2.75) is 187 Å². The summed E-state index contributed by atoms with van der Waals surface area (Å²) >= 11 is 0. The van der Waals surface area contributed by atoms with Crippen LogP contribution < -0.4 is 37.2 Å². The van der Waals surface area contributed by atoms with E-state index in [-0.39, 0.29) is 63.4 Å². The normalized spacial score (nSPS) is 11.2. The van der Waals surface area contributed by atoms with Crippen LogP contribution >= 0.6 is 0 Å². The van der Waals surface area contributed by atoms with E-state index in [1.807, 2.05) is 41.3 Å². The van der Waals surface area contributed by atoms with Gasteiger partial charge in [0.1, 0.15) is 0 Å². The molecule has 0 aliphatic heterocycles. The van der Waals surface area contributed by atoms with Gasteiger partial charge in [-0.05, 0) is 397 Å². The summed E-state index contributed by atoms with van der Waals surface area (Å²) in [7, 11) is -4.70. The van der Waals surface area contributed by atoms with Gasteiger partial charge in [0.15, 0.2) is 0 Å². The average Bonchev–Trinajstić information content (AvgIpc) is 1.63. The van der Waals surface area contributed by atoms with Gasteiger partial charge in [0, 0.05) is 50.1 Å². The van der Waals surface area contributed by atoms with Crippen molar-refractivity contribution in [3.8, 4) is 101 Å². The number of hydrogen-bond acceptors (Lipinski definition) is 9. The summed E-state index contributed by atoms with van der Waals surface area (Å²) in [6.07, 6.45) is 18.6. The molecule has 0 aliphatic carbocycles. The van der Waals surface area contributed by atoms with E-state index in [1.54, 1.807) is 0 Å². The van der Waals surface area contributed by atoms with Crippen LogP contribution in [-0.2, 0) is 26.2 Å². The molecule has 0 atom stereocenters. The fourth-order valence-corrected chi connectivity index (χ4v) is 21.5. The number of aromatic nitrogens is 18. The number of nitrogens with zero attached hydrogens (tertiary/aromatic N) is 18. The minimum absolute atomic E-state index is 0. The molecule has 9 aromatic heterocycles. The summed E-state index contributed by atoms with van der Waals surface area (Å²) in [5.74, 6) is 0. The molecule has 18 rings (SSSR count). The van der Waals surface area contributed by atoms with Gasteiger partial charge >= 0.3 is 47.6 Å². The molecule has 0 amide bonds. The molecule has 0 N–H and O–H groups in total. The third kappa shape index (κ3) is 20.5. The average molecular weight is 1900 g/mol. The zero-order valence-electron chi connectivity index (χ0n) is 82.1. The van der Waals surface area contributed by atoms with E-state index in [4.69, 9.17) is 45.9 Å². The van der Waals surface area contributed by atoms with Crippen LogP contribution in [0.4, 0.5) is 0 Å². The molecule has 0 unspecified atom stereocenters. The van der Waals surface area contributed by atoms with E-state index in [9.17, 15) is 0 Å². The van der Waals surface area contributed by atoms with E-state index >= 15 is 0 Å². The van der Waals surface area contributed by atoms with Gasteiger partial charge in [-0.1, -0.05) is 159 Å². The van der Waals surface area contributed by atoms with Gasteiger partial charge in [0.2, 0.25) is 0 Å². The fourth-order valence-electron chi connectivity index (χ4n) is 21.5. The first kappa shape index (κ1) is 99.8. The summed E-state index contributed by atoms with van der Waals surface area (Å²) in [6, 6.07) is 59.1. The summed E-state index contributed by atoms with van der Waals surface area (Å²) in [4.78, 5) is 0. The van der Waals surface area contributed by atoms with E-state index in [2.05, 4.69) is 407 Å². The second kappa shape index (κ2) is 40.7. The van der Waals surface area contributed by atoms with Crippen molar-refractivity contribution in [2.75, 3.05) is 0 Å². The smallest absolute Gasteiger partial charge is 1.00 e. The maximum atomic E-state index is 5.17. The topological polar surface area (TPSA) is 160 Å². The molecular weight excluding hydrogens is 1780 g/mol. The Bertz CT molecular complexity index is 5790. The third-order valence-electron chi connectivity index (χ3n) is 25.8. The van der Waals surface area contributed by atoms with Gasteiger partial charge < -0.3 is 78.6 Å². The largest absolute Gasteiger partial charge is 3.00 e. The van der Waals surface area contributed by atoms with Gasteiger partial charge in [-0.3, -0.25) is 0 Å². The van der Waals surface area contributed by atoms with E-state index in [0.717, 1.165) is 51.2 Å². The fraction of sp³-hybridized carbons (Fsp3) is 0.250. The second-order valence-electron chi connectivity index (χ2n) is 37.4. The predicted octanol–water partition coefficient (Wildman–Crippen LogP) is 14.2. The Labute approximate surface area is 823 Å². The minimum Gasteiger partial charge on any atom is -1.00 e. The molecule has 0 saturated heterocycles. The Morgan fingerprint density at radius 2 is 0.218 bits per heavy atom. The van der Waals surface area contributed by atoms with Gasteiger partial charge in [0.25, 0.3) is 0 Å². The Morgan fingerprint density at radius 1 is 0.143 bits per heavy atom. The van der Waals surface area contributed by atoms with Crippen LogP contribution in [-0.4, -0.2) is 109 Å². The molecule has 0 bridgehead atoms. The van der Waals surface area contributed by atoms with Gasteiger partial charge in [0.05, 0.1) is 51.2 Å². The van der Waals surface area contributed by atoms with Crippen LogP contribution in [0.2, 0.25) is 0 Å². The van der Waals surface area contributed by atoms with Crippen molar-refractivity contribution in [3.63, 3.8) is 0 Å². The van der Waals surface area contributed by atoms with Crippen molar-refractivity contribution in [2.24, 2.45) is 0 Å². The van der Waals surface area contributed by atoms with Crippen LogP contribution in [0.3, 0.4) is 0 Å². The monoisotopic (exact) mass is 1900 g/mol. The molecule has 18 aromatic rings. The van der Waals surface area contributed by atoms with Crippen molar-refractivity contribution in [1.29, 1.82) is 0 Å². The van der Waals surface area contributed by atoms with Crippen LogP contribution in [0, 0.1) is 187 Å². The quantitative estimate of drug-likeness (QED) is 0.0762. The van der Waals surface area contributed by atoms with Crippen LogP contribution in [0.15, 0.2) is 220 Å². The SMILES string of the molecule is Cc1cc(C)c(-c2ccn([BH-](n3ccc(-c4c(C)cc(C)cc4C)n3)n3ccc(-c4c(C)cc(C)cc4C)n3)n2)c(C)c1.Cc1cc(C)c(-c2ccn([BH-](n3ccc(-c4c(C)cc(C)cc4C)n3)n3ccc(-c4c(C)cc(C)cc4C)n3)n2)c(C)c1.Cc1cc(C)c(-c2ccn([BH-](n3ccc(-c4c(C)cc(C)cc4C)n3)n3ccc(-c4c(C)cc(C)cc4C)n3)n2)c(C)c1.[Cl-].[Cl-].[Cl-].[Zr+3]. The first-order valence-electron chi connectivity index (χ1n) is 45.2. The molecule has 0 aliphatic rings. The Hall–Kier alpha value is -12.2. The number of halogens is 3. The van der Waals surface area contributed by atoms with Gasteiger partial charge in [-0.15, -0.1) is 0 Å². The minimum atomic E-state index is -1.57. The molecular formula is C108H120B3Cl3N18Zr-3. The number of rotatable bonds is 18.